The predicted molar refractivity (Wildman–Crippen MR) is 54.1 cm³/mol. The summed E-state index contributed by atoms with van der Waals surface area (Å²) in [6.45, 7) is 1.81. The Morgan fingerprint density at radius 2 is 2.21 bits per heavy atom. The number of carboxylic acids is 1. The lowest BCUT2D eigenvalue weighted by molar-refractivity contribution is -0.136. The van der Waals surface area contributed by atoms with Crippen molar-refractivity contribution in [3.8, 4) is 5.75 Å². The maximum absolute atomic E-state index is 10.6. The number of rotatable bonds is 3. The molecule has 0 unspecified atom stereocenters. The Kier molecular flexibility index (Phi) is 3.36. The second-order valence-electron chi connectivity index (χ2n) is 2.97. The van der Waals surface area contributed by atoms with Gasteiger partial charge in [-0.05, 0) is 24.6 Å². The normalized spacial score (nSPS) is 9.93. The Labute approximate surface area is 87.3 Å². The van der Waals surface area contributed by atoms with Crippen molar-refractivity contribution in [1.82, 2.24) is 0 Å². The number of carboxylic acid groups (broad SMARTS) is 1. The lowest BCUT2D eigenvalue weighted by atomic mass is 10.0. The van der Waals surface area contributed by atoms with E-state index >= 15 is 0 Å². The Bertz CT molecular complexity index is 361. The molecular weight excluding hydrogens is 204 g/mol. The van der Waals surface area contributed by atoms with Crippen molar-refractivity contribution >= 4 is 17.6 Å². The number of hydrogen-bond donors (Lipinski definition) is 1. The average molecular weight is 215 g/mol. The number of methoxy groups -OCH3 is 1. The standard InChI is InChI=1S/C10H11ClO3/c1-6-3-7(11)4-9(14-2)8(6)5-10(12)13/h3-4H,5H2,1-2H3,(H,12,13). The van der Waals surface area contributed by atoms with Crippen LogP contribution in [0.1, 0.15) is 11.1 Å². The number of aliphatic carboxylic acids is 1. The van der Waals surface area contributed by atoms with Crippen LogP contribution in [0.5, 0.6) is 5.75 Å². The van der Waals surface area contributed by atoms with Crippen molar-refractivity contribution in [3.63, 3.8) is 0 Å². The first-order valence-corrected chi connectivity index (χ1v) is 4.47. The highest BCUT2D eigenvalue weighted by molar-refractivity contribution is 6.30. The molecule has 0 saturated heterocycles. The zero-order chi connectivity index (χ0) is 10.7. The fourth-order valence-electron chi connectivity index (χ4n) is 1.30. The number of benzene rings is 1. The quantitative estimate of drug-likeness (QED) is 0.840. The molecule has 0 fully saturated rings. The van der Waals surface area contributed by atoms with Gasteiger partial charge in [-0.3, -0.25) is 4.79 Å². The summed E-state index contributed by atoms with van der Waals surface area (Å²) in [6, 6.07) is 3.34. The molecule has 0 aliphatic heterocycles. The first-order valence-electron chi connectivity index (χ1n) is 4.09. The summed E-state index contributed by atoms with van der Waals surface area (Å²) in [4.78, 5) is 10.6. The van der Waals surface area contributed by atoms with E-state index in [1.54, 1.807) is 12.1 Å². The SMILES string of the molecule is COc1cc(Cl)cc(C)c1CC(=O)O. The molecule has 4 heteroatoms. The molecule has 1 rings (SSSR count). The number of halogens is 1. The van der Waals surface area contributed by atoms with E-state index in [1.165, 1.54) is 7.11 Å². The van der Waals surface area contributed by atoms with Crippen molar-refractivity contribution < 1.29 is 14.6 Å². The van der Waals surface area contributed by atoms with Crippen LogP contribution in [0.25, 0.3) is 0 Å². The van der Waals surface area contributed by atoms with Gasteiger partial charge in [0.1, 0.15) is 5.75 Å². The number of carbonyl (C=O) groups is 1. The minimum atomic E-state index is -0.881. The van der Waals surface area contributed by atoms with Crippen LogP contribution in [0.15, 0.2) is 12.1 Å². The lowest BCUT2D eigenvalue weighted by Gasteiger charge is -2.10. The van der Waals surface area contributed by atoms with Gasteiger partial charge < -0.3 is 9.84 Å². The zero-order valence-corrected chi connectivity index (χ0v) is 8.76. The predicted octanol–water partition coefficient (Wildman–Crippen LogP) is 2.28. The van der Waals surface area contributed by atoms with E-state index in [-0.39, 0.29) is 6.42 Å². The van der Waals surface area contributed by atoms with Crippen molar-refractivity contribution in [2.75, 3.05) is 7.11 Å². The first kappa shape index (κ1) is 10.9. The van der Waals surface area contributed by atoms with E-state index in [9.17, 15) is 4.79 Å². The third-order valence-corrected chi connectivity index (χ3v) is 2.16. The lowest BCUT2D eigenvalue weighted by Crippen LogP contribution is -2.04. The summed E-state index contributed by atoms with van der Waals surface area (Å²) in [5.41, 5.74) is 1.50. The topological polar surface area (TPSA) is 46.5 Å². The van der Waals surface area contributed by atoms with Crippen LogP contribution in [0.4, 0.5) is 0 Å². The van der Waals surface area contributed by atoms with Crippen LogP contribution in [-0.2, 0) is 11.2 Å². The molecule has 0 radical (unpaired) electrons. The molecule has 1 N–H and O–H groups in total. The van der Waals surface area contributed by atoms with E-state index in [0.29, 0.717) is 16.3 Å². The van der Waals surface area contributed by atoms with Crippen LogP contribution >= 0.6 is 11.6 Å². The second-order valence-corrected chi connectivity index (χ2v) is 3.41. The minimum absolute atomic E-state index is 0.0494. The maximum Gasteiger partial charge on any atom is 0.307 e. The summed E-state index contributed by atoms with van der Waals surface area (Å²) in [6.07, 6.45) is -0.0494. The molecule has 1 aromatic carbocycles. The third kappa shape index (κ3) is 2.39. The smallest absolute Gasteiger partial charge is 0.307 e. The van der Waals surface area contributed by atoms with Gasteiger partial charge in [-0.2, -0.15) is 0 Å². The highest BCUT2D eigenvalue weighted by Gasteiger charge is 2.11. The molecule has 76 valence electrons. The molecule has 0 aromatic heterocycles. The van der Waals surface area contributed by atoms with E-state index < -0.39 is 5.97 Å². The maximum atomic E-state index is 10.6. The number of hydrogen-bond acceptors (Lipinski definition) is 2. The molecule has 0 bridgehead atoms. The number of ether oxygens (including phenoxy) is 1. The fourth-order valence-corrected chi connectivity index (χ4v) is 1.56. The molecule has 0 atom stereocenters. The van der Waals surface area contributed by atoms with Gasteiger partial charge in [-0.25, -0.2) is 0 Å². The average Bonchev–Trinajstić information content (AvgIpc) is 2.08. The van der Waals surface area contributed by atoms with Crippen molar-refractivity contribution in [2.24, 2.45) is 0 Å². The monoisotopic (exact) mass is 214 g/mol. The van der Waals surface area contributed by atoms with Gasteiger partial charge in [-0.1, -0.05) is 11.6 Å². The summed E-state index contributed by atoms with van der Waals surface area (Å²) in [7, 11) is 1.50. The van der Waals surface area contributed by atoms with E-state index in [0.717, 1.165) is 5.56 Å². The molecular formula is C10H11ClO3. The molecule has 0 aliphatic rings. The van der Waals surface area contributed by atoms with Crippen LogP contribution in [0, 0.1) is 6.92 Å². The Morgan fingerprint density at radius 1 is 1.57 bits per heavy atom. The van der Waals surface area contributed by atoms with E-state index in [4.69, 9.17) is 21.4 Å². The van der Waals surface area contributed by atoms with Crippen LogP contribution in [0.3, 0.4) is 0 Å². The Morgan fingerprint density at radius 3 is 2.71 bits per heavy atom. The molecule has 0 amide bonds. The molecule has 14 heavy (non-hydrogen) atoms. The molecule has 0 spiro atoms. The van der Waals surface area contributed by atoms with Crippen molar-refractivity contribution in [3.05, 3.63) is 28.3 Å². The summed E-state index contributed by atoms with van der Waals surface area (Å²) in [5.74, 6) is -0.355. The van der Waals surface area contributed by atoms with Gasteiger partial charge in [0.2, 0.25) is 0 Å². The van der Waals surface area contributed by atoms with Gasteiger partial charge in [0.15, 0.2) is 0 Å². The van der Waals surface area contributed by atoms with E-state index in [1.807, 2.05) is 6.92 Å². The summed E-state index contributed by atoms with van der Waals surface area (Å²) < 4.78 is 5.06. The summed E-state index contributed by atoms with van der Waals surface area (Å²) in [5, 5.41) is 9.24. The molecule has 0 saturated carbocycles. The zero-order valence-electron chi connectivity index (χ0n) is 8.00. The largest absolute Gasteiger partial charge is 0.496 e. The molecule has 0 heterocycles. The van der Waals surface area contributed by atoms with Gasteiger partial charge in [0.25, 0.3) is 0 Å². The van der Waals surface area contributed by atoms with Crippen LogP contribution < -0.4 is 4.74 Å². The summed E-state index contributed by atoms with van der Waals surface area (Å²) >= 11 is 5.81. The van der Waals surface area contributed by atoms with Crippen molar-refractivity contribution in [1.29, 1.82) is 0 Å². The minimum Gasteiger partial charge on any atom is -0.496 e. The first-order chi connectivity index (χ1) is 6.54. The number of aryl methyl sites for hydroxylation is 1. The molecule has 1 aromatic rings. The Hall–Kier alpha value is -1.22. The van der Waals surface area contributed by atoms with Crippen LogP contribution in [-0.4, -0.2) is 18.2 Å². The van der Waals surface area contributed by atoms with E-state index in [2.05, 4.69) is 0 Å². The fraction of sp³-hybridized carbons (Fsp3) is 0.300. The van der Waals surface area contributed by atoms with Crippen molar-refractivity contribution in [2.45, 2.75) is 13.3 Å². The van der Waals surface area contributed by atoms with Gasteiger partial charge in [-0.15, -0.1) is 0 Å². The van der Waals surface area contributed by atoms with Crippen LogP contribution in [0.2, 0.25) is 5.02 Å². The van der Waals surface area contributed by atoms with Gasteiger partial charge >= 0.3 is 5.97 Å². The molecule has 3 nitrogen and oxygen atoms in total. The van der Waals surface area contributed by atoms with Gasteiger partial charge in [0.05, 0.1) is 13.5 Å². The van der Waals surface area contributed by atoms with Gasteiger partial charge in [0, 0.05) is 10.6 Å². The Balaban J connectivity index is 3.18. The third-order valence-electron chi connectivity index (χ3n) is 1.94. The second kappa shape index (κ2) is 4.33. The highest BCUT2D eigenvalue weighted by atomic mass is 35.5. The molecule has 0 aliphatic carbocycles. The highest BCUT2D eigenvalue weighted by Crippen LogP contribution is 2.27.